The van der Waals surface area contributed by atoms with Crippen molar-refractivity contribution < 1.29 is 28.6 Å². The summed E-state index contributed by atoms with van der Waals surface area (Å²) in [6.07, 6.45) is 0.0656. The molecular formula is C36H48O6. The first kappa shape index (κ1) is 34.6. The van der Waals surface area contributed by atoms with Gasteiger partial charge in [-0.05, 0) is 54.2 Å². The predicted octanol–water partition coefficient (Wildman–Crippen LogP) is 9.75. The summed E-state index contributed by atoms with van der Waals surface area (Å²) < 4.78 is 16.2. The fourth-order valence-electron chi connectivity index (χ4n) is 3.86. The largest absolute Gasteiger partial charge is 0.467 e. The Morgan fingerprint density at radius 2 is 1.07 bits per heavy atom. The fourth-order valence-corrected chi connectivity index (χ4v) is 3.86. The summed E-state index contributed by atoms with van der Waals surface area (Å²) in [5.74, 6) is 3.29. The molecule has 0 fully saturated rings. The Morgan fingerprint density at radius 3 is 1.62 bits per heavy atom. The standard InChI is InChI=1S/C14H16O2.C12H14O2.C8H12O2.C2H6/c1-10(2)14(15)13-9-8-12(16-13)11-6-4-3-5-7-11;1-8(2)12(13)11-7-9-5-3-4-6-10(9)14-11;1-6(2)8(9)7-4-3-5-10-7;1-2/h3-10,14-15H,1-2H3;3-8,12-13H,1-2H3;3-6,8-9H,1-2H3;1-2H3. The van der Waals surface area contributed by atoms with Crippen LogP contribution in [0.15, 0.2) is 104 Å². The van der Waals surface area contributed by atoms with Gasteiger partial charge in [-0.2, -0.15) is 0 Å². The third-order valence-electron chi connectivity index (χ3n) is 6.44. The van der Waals surface area contributed by atoms with Crippen LogP contribution in [0, 0.1) is 17.8 Å². The van der Waals surface area contributed by atoms with Crippen LogP contribution in [0.5, 0.6) is 0 Å². The molecule has 0 saturated heterocycles. The molecule has 0 aliphatic carbocycles. The number of hydrogen-bond donors (Lipinski definition) is 3. The van der Waals surface area contributed by atoms with E-state index >= 15 is 0 Å². The van der Waals surface area contributed by atoms with E-state index in [1.807, 2.05) is 128 Å². The van der Waals surface area contributed by atoms with Gasteiger partial charge in [0.05, 0.1) is 6.26 Å². The Morgan fingerprint density at radius 1 is 0.524 bits per heavy atom. The van der Waals surface area contributed by atoms with E-state index in [-0.39, 0.29) is 17.8 Å². The Labute approximate surface area is 250 Å². The van der Waals surface area contributed by atoms with E-state index < -0.39 is 18.3 Å². The summed E-state index contributed by atoms with van der Waals surface area (Å²) in [4.78, 5) is 0. The van der Waals surface area contributed by atoms with Gasteiger partial charge in [0.25, 0.3) is 0 Å². The van der Waals surface area contributed by atoms with E-state index in [1.54, 1.807) is 18.4 Å². The number of benzene rings is 2. The summed E-state index contributed by atoms with van der Waals surface area (Å²) >= 11 is 0. The molecule has 3 unspecified atom stereocenters. The number of aliphatic hydroxyl groups excluding tert-OH is 3. The van der Waals surface area contributed by atoms with E-state index in [1.165, 1.54) is 0 Å². The maximum Gasteiger partial charge on any atom is 0.134 e. The van der Waals surface area contributed by atoms with Gasteiger partial charge < -0.3 is 28.6 Å². The second-order valence-electron chi connectivity index (χ2n) is 10.8. The van der Waals surface area contributed by atoms with Crippen molar-refractivity contribution in [3.8, 4) is 11.3 Å². The summed E-state index contributed by atoms with van der Waals surface area (Å²) in [6.45, 7) is 15.8. The highest BCUT2D eigenvalue weighted by molar-refractivity contribution is 5.77. The number of hydrogen-bond acceptors (Lipinski definition) is 6. The van der Waals surface area contributed by atoms with Crippen LogP contribution >= 0.6 is 0 Å². The molecule has 0 radical (unpaired) electrons. The lowest BCUT2D eigenvalue weighted by Gasteiger charge is -2.10. The molecule has 0 saturated carbocycles. The van der Waals surface area contributed by atoms with Crippen molar-refractivity contribution in [3.63, 3.8) is 0 Å². The Kier molecular flexibility index (Phi) is 14.3. The van der Waals surface area contributed by atoms with Crippen LogP contribution in [0.2, 0.25) is 0 Å². The maximum atomic E-state index is 9.86. The highest BCUT2D eigenvalue weighted by Gasteiger charge is 2.17. The van der Waals surface area contributed by atoms with Crippen molar-refractivity contribution in [3.05, 3.63) is 108 Å². The van der Waals surface area contributed by atoms with Gasteiger partial charge in [0.15, 0.2) is 0 Å². The average Bonchev–Trinajstić information content (AvgIpc) is 3.79. The number of furan rings is 3. The fraction of sp³-hybridized carbons (Fsp3) is 0.389. The Hall–Kier alpha value is -3.58. The SMILES string of the molecule is CC.CC(C)C(O)c1cc2ccccc2o1.CC(C)C(O)c1ccc(-c2ccccc2)o1.CC(C)C(O)c1ccco1. The third-order valence-corrected chi connectivity index (χ3v) is 6.44. The smallest absolute Gasteiger partial charge is 0.134 e. The second-order valence-corrected chi connectivity index (χ2v) is 10.8. The lowest BCUT2D eigenvalue weighted by molar-refractivity contribution is 0.103. The van der Waals surface area contributed by atoms with Crippen LogP contribution in [0.4, 0.5) is 0 Å². The monoisotopic (exact) mass is 576 g/mol. The zero-order valence-electron chi connectivity index (χ0n) is 26.2. The van der Waals surface area contributed by atoms with Crippen LogP contribution in [0.1, 0.15) is 91.0 Å². The van der Waals surface area contributed by atoms with Gasteiger partial charge in [0.2, 0.25) is 0 Å². The number of para-hydroxylation sites is 1. The molecule has 0 aliphatic rings. The van der Waals surface area contributed by atoms with Crippen LogP contribution in [-0.2, 0) is 0 Å². The molecule has 0 aliphatic heterocycles. The molecule has 2 aromatic carbocycles. The van der Waals surface area contributed by atoms with Crippen molar-refractivity contribution in [2.75, 3.05) is 0 Å². The van der Waals surface area contributed by atoms with Crippen molar-refractivity contribution in [1.29, 1.82) is 0 Å². The molecule has 6 nitrogen and oxygen atoms in total. The zero-order valence-corrected chi connectivity index (χ0v) is 26.2. The normalized spacial score (nSPS) is 13.0. The molecule has 3 N–H and O–H groups in total. The van der Waals surface area contributed by atoms with Crippen molar-refractivity contribution in [2.24, 2.45) is 17.8 Å². The van der Waals surface area contributed by atoms with E-state index in [9.17, 15) is 15.3 Å². The number of aliphatic hydroxyl groups is 3. The molecule has 5 aromatic rings. The van der Waals surface area contributed by atoms with Gasteiger partial charge in [0, 0.05) is 10.9 Å². The van der Waals surface area contributed by atoms with Crippen molar-refractivity contribution >= 4 is 11.0 Å². The maximum absolute atomic E-state index is 9.86. The third kappa shape index (κ3) is 10.1. The quantitative estimate of drug-likeness (QED) is 0.178. The van der Waals surface area contributed by atoms with Crippen LogP contribution in [-0.4, -0.2) is 15.3 Å². The van der Waals surface area contributed by atoms with Gasteiger partial charge >= 0.3 is 0 Å². The van der Waals surface area contributed by atoms with Crippen LogP contribution in [0.25, 0.3) is 22.3 Å². The molecule has 0 amide bonds. The predicted molar refractivity (Wildman–Crippen MR) is 170 cm³/mol. The molecule has 0 bridgehead atoms. The molecule has 42 heavy (non-hydrogen) atoms. The van der Waals surface area contributed by atoms with Gasteiger partial charge in [-0.25, -0.2) is 0 Å². The lowest BCUT2D eigenvalue weighted by atomic mass is 10.1. The van der Waals surface area contributed by atoms with Gasteiger partial charge in [0.1, 0.15) is 46.9 Å². The highest BCUT2D eigenvalue weighted by Crippen LogP contribution is 2.29. The van der Waals surface area contributed by atoms with E-state index in [4.69, 9.17) is 13.3 Å². The van der Waals surface area contributed by atoms with Gasteiger partial charge in [-0.1, -0.05) is 104 Å². The van der Waals surface area contributed by atoms with E-state index in [0.29, 0.717) is 17.3 Å². The lowest BCUT2D eigenvalue weighted by Crippen LogP contribution is -2.03. The molecule has 228 valence electrons. The van der Waals surface area contributed by atoms with Crippen LogP contribution in [0.3, 0.4) is 0 Å². The summed E-state index contributed by atoms with van der Waals surface area (Å²) in [5.41, 5.74) is 1.87. The van der Waals surface area contributed by atoms with Crippen molar-refractivity contribution in [2.45, 2.75) is 73.7 Å². The first-order valence-corrected chi connectivity index (χ1v) is 14.8. The Bertz CT molecular complexity index is 1350. The highest BCUT2D eigenvalue weighted by atomic mass is 16.4. The topological polar surface area (TPSA) is 100 Å². The van der Waals surface area contributed by atoms with Gasteiger partial charge in [-0.3, -0.25) is 0 Å². The first-order valence-electron chi connectivity index (χ1n) is 14.8. The summed E-state index contributed by atoms with van der Waals surface area (Å²) in [6, 6.07) is 26.9. The van der Waals surface area contributed by atoms with Crippen LogP contribution < -0.4 is 0 Å². The minimum atomic E-state index is -0.530. The summed E-state index contributed by atoms with van der Waals surface area (Å²) in [7, 11) is 0. The number of rotatable bonds is 7. The number of fused-ring (bicyclic) bond motifs is 1. The minimum Gasteiger partial charge on any atom is -0.467 e. The van der Waals surface area contributed by atoms with E-state index in [0.717, 1.165) is 22.3 Å². The average molecular weight is 577 g/mol. The zero-order chi connectivity index (χ0) is 31.2. The Balaban J connectivity index is 0.000000219. The molecule has 3 heterocycles. The molecule has 6 heteroatoms. The van der Waals surface area contributed by atoms with Crippen molar-refractivity contribution in [1.82, 2.24) is 0 Å². The molecular weight excluding hydrogens is 528 g/mol. The van der Waals surface area contributed by atoms with Gasteiger partial charge in [-0.15, -0.1) is 0 Å². The van der Waals surface area contributed by atoms with E-state index in [2.05, 4.69) is 0 Å². The second kappa shape index (κ2) is 17.4. The molecule has 0 spiro atoms. The molecule has 5 rings (SSSR count). The minimum absolute atomic E-state index is 0.162. The first-order chi connectivity index (χ1) is 20.1. The summed E-state index contributed by atoms with van der Waals surface area (Å²) in [5, 5.41) is 30.1. The molecule has 3 aromatic heterocycles. The molecule has 3 atom stereocenters.